The molecule has 15 nitrogen and oxygen atoms in total. The highest BCUT2D eigenvalue weighted by atomic mass is 16.6. The lowest BCUT2D eigenvalue weighted by atomic mass is 9.96. The molecule has 3 aromatic heterocycles. The number of phenols is 2. The second-order valence-corrected chi connectivity index (χ2v) is 11.9. The highest BCUT2D eigenvalue weighted by Crippen LogP contribution is 2.49. The first kappa shape index (κ1) is 30.2. The number of nitrogens with zero attached hydrogens (tertiary/aromatic N) is 3. The lowest BCUT2D eigenvalue weighted by Crippen LogP contribution is -2.56. The minimum atomic E-state index is -1.78. The highest BCUT2D eigenvalue weighted by Gasteiger charge is 2.47. The van der Waals surface area contributed by atoms with Crippen molar-refractivity contribution in [2.75, 3.05) is 6.61 Å². The number of amides is 2. The Labute approximate surface area is 269 Å². The van der Waals surface area contributed by atoms with Crippen molar-refractivity contribution in [2.45, 2.75) is 43.8 Å². The number of hydrogen-bond acceptors (Lipinski definition) is 12. The maximum Gasteiger partial charge on any atom is 0.276 e. The number of fused-ring (bicyclic) bond motifs is 10. The number of aliphatic hydroxyl groups excluding tert-OH is 5. The van der Waals surface area contributed by atoms with Crippen LogP contribution in [0.1, 0.15) is 38.3 Å². The monoisotopic (exact) mass is 655 g/mol. The Morgan fingerprint density at radius 1 is 0.771 bits per heavy atom. The zero-order chi connectivity index (χ0) is 33.6. The summed E-state index contributed by atoms with van der Waals surface area (Å²) in [5.74, 6) is -1.86. The number of aliphatic hydroxyl groups is 5. The summed E-state index contributed by atoms with van der Waals surface area (Å²) in [5.41, 5.74) is 4.44. The molecule has 6 aromatic rings. The molecule has 0 unspecified atom stereocenters. The maximum absolute atomic E-state index is 14.4. The Balaban J connectivity index is 1.44. The van der Waals surface area contributed by atoms with Gasteiger partial charge in [-0.05, 0) is 24.3 Å². The van der Waals surface area contributed by atoms with Crippen molar-refractivity contribution < 1.29 is 50.1 Å². The molecule has 8 rings (SSSR count). The Morgan fingerprint density at radius 3 is 2.17 bits per heavy atom. The molecule has 2 amide bonds. The van der Waals surface area contributed by atoms with Crippen molar-refractivity contribution in [3.8, 4) is 11.5 Å². The SMILES string of the molecule is O=C1c2c(c3c4cccc(O)c4n([C@@H]4O[C@H](CO)[C@@H](O)[C@H](O)[C@H]4O)c3c3[nH]c4c(O)cccc4c23)C(=O)N1NCc1cccc(CO)n1. The summed E-state index contributed by atoms with van der Waals surface area (Å²) in [7, 11) is 0. The molecule has 5 atom stereocenters. The fourth-order valence-corrected chi connectivity index (χ4v) is 7.05. The molecule has 5 heterocycles. The van der Waals surface area contributed by atoms with Crippen molar-refractivity contribution in [3.63, 3.8) is 0 Å². The predicted molar refractivity (Wildman–Crippen MR) is 169 cm³/mol. The summed E-state index contributed by atoms with van der Waals surface area (Å²) < 4.78 is 7.34. The molecule has 0 radical (unpaired) electrons. The number of phenolic OH excluding ortho intramolecular Hbond substituents is 2. The zero-order valence-corrected chi connectivity index (χ0v) is 24.9. The van der Waals surface area contributed by atoms with Gasteiger partial charge in [0.15, 0.2) is 6.23 Å². The number of pyridine rings is 1. The molecule has 15 heteroatoms. The van der Waals surface area contributed by atoms with Gasteiger partial charge in [-0.15, -0.1) is 0 Å². The van der Waals surface area contributed by atoms with Gasteiger partial charge in [-0.3, -0.25) is 14.6 Å². The highest BCUT2D eigenvalue weighted by molar-refractivity contribution is 6.39. The third-order valence-corrected chi connectivity index (χ3v) is 9.20. The molecule has 0 bridgehead atoms. The number of imide groups is 1. The van der Waals surface area contributed by atoms with E-state index in [1.807, 2.05) is 0 Å². The van der Waals surface area contributed by atoms with Crippen LogP contribution in [0, 0.1) is 0 Å². The molecular weight excluding hydrogens is 626 g/mol. The van der Waals surface area contributed by atoms with Crippen molar-refractivity contribution in [1.29, 1.82) is 0 Å². The van der Waals surface area contributed by atoms with Gasteiger partial charge in [0.2, 0.25) is 0 Å². The van der Waals surface area contributed by atoms with Gasteiger partial charge >= 0.3 is 0 Å². The van der Waals surface area contributed by atoms with Crippen LogP contribution in [0.15, 0.2) is 54.6 Å². The predicted octanol–water partition coefficient (Wildman–Crippen LogP) is 1.00. The minimum Gasteiger partial charge on any atom is -0.506 e. The number of carbonyl (C=O) groups excluding carboxylic acids is 2. The largest absolute Gasteiger partial charge is 0.506 e. The molecular formula is C33H29N5O10. The molecule has 2 aliphatic heterocycles. The normalized spacial score (nSPS) is 22.9. The summed E-state index contributed by atoms with van der Waals surface area (Å²) in [6.07, 6.45) is -8.02. The van der Waals surface area contributed by atoms with Gasteiger partial charge in [-0.1, -0.05) is 30.3 Å². The summed E-state index contributed by atoms with van der Waals surface area (Å²) in [4.78, 5) is 36.1. The van der Waals surface area contributed by atoms with Gasteiger partial charge in [-0.2, -0.15) is 0 Å². The average molecular weight is 656 g/mol. The van der Waals surface area contributed by atoms with Crippen molar-refractivity contribution in [2.24, 2.45) is 0 Å². The van der Waals surface area contributed by atoms with E-state index < -0.39 is 49.1 Å². The molecule has 0 aliphatic carbocycles. The number of aromatic nitrogens is 3. The Morgan fingerprint density at radius 2 is 1.44 bits per heavy atom. The molecule has 1 saturated heterocycles. The number of rotatable bonds is 6. The average Bonchev–Trinajstić information content (AvgIpc) is 3.72. The fraction of sp³-hybridized carbons (Fsp3) is 0.242. The van der Waals surface area contributed by atoms with Crippen molar-refractivity contribution in [3.05, 3.63) is 77.1 Å². The van der Waals surface area contributed by atoms with Crippen molar-refractivity contribution in [1.82, 2.24) is 25.0 Å². The second kappa shape index (κ2) is 11.0. The first-order valence-corrected chi connectivity index (χ1v) is 15.1. The van der Waals surface area contributed by atoms with E-state index in [1.54, 1.807) is 42.5 Å². The molecule has 0 saturated carbocycles. The van der Waals surface area contributed by atoms with Crippen LogP contribution in [0.4, 0.5) is 0 Å². The van der Waals surface area contributed by atoms with E-state index in [2.05, 4.69) is 15.4 Å². The lowest BCUT2D eigenvalue weighted by Gasteiger charge is -2.41. The van der Waals surface area contributed by atoms with Gasteiger partial charge < -0.3 is 50.0 Å². The van der Waals surface area contributed by atoms with Crippen LogP contribution < -0.4 is 5.43 Å². The molecule has 2 aliphatic rings. The first-order valence-electron chi connectivity index (χ1n) is 15.1. The molecule has 1 fully saturated rings. The van der Waals surface area contributed by atoms with Crippen LogP contribution in [-0.4, -0.2) is 98.1 Å². The Kier molecular flexibility index (Phi) is 6.90. The van der Waals surface area contributed by atoms with Gasteiger partial charge in [0.1, 0.15) is 35.9 Å². The summed E-state index contributed by atoms with van der Waals surface area (Å²) in [5, 5.41) is 76.2. The summed E-state index contributed by atoms with van der Waals surface area (Å²) in [6.45, 7) is -1.05. The van der Waals surface area contributed by atoms with E-state index >= 15 is 0 Å². The summed E-state index contributed by atoms with van der Waals surface area (Å²) >= 11 is 0. The molecule has 9 N–H and O–H groups in total. The smallest absolute Gasteiger partial charge is 0.276 e. The van der Waals surface area contributed by atoms with E-state index in [0.29, 0.717) is 22.2 Å². The van der Waals surface area contributed by atoms with Crippen LogP contribution in [0.3, 0.4) is 0 Å². The number of benzene rings is 3. The standard InChI is InChI=1S/C33H29N5O10/c39-11-14-5-1-4-13(35-14)10-34-38-31(46)22-20-15-6-2-8-17(41)24(15)36-25(20)27-21(23(22)32(38)47)16-7-3-9-18(42)26(16)37(27)33-30(45)29(44)28(43)19(12-40)48-33/h1-9,19,28-30,33-34,36,39-45H,10-12H2/t19-,28-,29+,30-,33-/m1/s1. The number of H-pyrrole nitrogens is 1. The number of ether oxygens (including phenoxy) is 1. The second-order valence-electron chi connectivity index (χ2n) is 11.9. The number of aromatic hydroxyl groups is 2. The Hall–Kier alpha value is -5.13. The quantitative estimate of drug-likeness (QED) is 0.114. The minimum absolute atomic E-state index is 0.0140. The van der Waals surface area contributed by atoms with Gasteiger partial charge in [-0.25, -0.2) is 10.4 Å². The Bertz CT molecular complexity index is 2310. The number of hydrazine groups is 1. The third kappa shape index (κ3) is 4.10. The van der Waals surface area contributed by atoms with E-state index in [-0.39, 0.29) is 68.6 Å². The number of carbonyl (C=O) groups is 2. The van der Waals surface area contributed by atoms with Gasteiger partial charge in [0, 0.05) is 21.5 Å². The van der Waals surface area contributed by atoms with Gasteiger partial charge in [0.25, 0.3) is 11.8 Å². The number of para-hydroxylation sites is 2. The third-order valence-electron chi connectivity index (χ3n) is 9.20. The lowest BCUT2D eigenvalue weighted by molar-refractivity contribution is -0.249. The molecule has 246 valence electrons. The van der Waals surface area contributed by atoms with E-state index in [1.165, 1.54) is 16.7 Å². The van der Waals surface area contributed by atoms with Gasteiger partial charge in [0.05, 0.1) is 64.3 Å². The van der Waals surface area contributed by atoms with E-state index in [4.69, 9.17) is 4.74 Å². The molecule has 48 heavy (non-hydrogen) atoms. The van der Waals surface area contributed by atoms with E-state index in [9.17, 15) is 45.3 Å². The van der Waals surface area contributed by atoms with Crippen LogP contribution in [0.5, 0.6) is 11.5 Å². The maximum atomic E-state index is 14.4. The zero-order valence-electron chi connectivity index (χ0n) is 24.9. The van der Waals surface area contributed by atoms with Crippen LogP contribution >= 0.6 is 0 Å². The van der Waals surface area contributed by atoms with E-state index in [0.717, 1.165) is 5.01 Å². The number of nitrogens with one attached hydrogen (secondary N) is 2. The molecule has 0 spiro atoms. The van der Waals surface area contributed by atoms with Crippen LogP contribution in [0.2, 0.25) is 0 Å². The van der Waals surface area contributed by atoms with Crippen LogP contribution in [-0.2, 0) is 17.9 Å². The number of aromatic amines is 1. The van der Waals surface area contributed by atoms with Crippen LogP contribution in [0.25, 0.3) is 43.6 Å². The first-order chi connectivity index (χ1) is 23.2. The number of hydrogen-bond donors (Lipinski definition) is 9. The fourth-order valence-electron chi connectivity index (χ4n) is 7.05. The van der Waals surface area contributed by atoms with Crippen molar-refractivity contribution >= 4 is 55.4 Å². The molecule has 3 aromatic carbocycles. The summed E-state index contributed by atoms with van der Waals surface area (Å²) in [6, 6.07) is 14.2. The topological polar surface area (TPSA) is 234 Å².